The summed E-state index contributed by atoms with van der Waals surface area (Å²) < 4.78 is 0. The monoisotopic (exact) mass is 422 g/mol. The summed E-state index contributed by atoms with van der Waals surface area (Å²) in [4.78, 5) is 2.45. The summed E-state index contributed by atoms with van der Waals surface area (Å²) >= 11 is 6.66. The van der Waals surface area contributed by atoms with Crippen molar-refractivity contribution in [3.05, 3.63) is 70.7 Å². The molecule has 2 atom stereocenters. The van der Waals surface area contributed by atoms with Crippen molar-refractivity contribution in [3.8, 4) is 6.07 Å². The molecule has 1 aliphatic carbocycles. The Morgan fingerprint density at radius 1 is 1.07 bits per heavy atom. The molecule has 1 aliphatic rings. The lowest BCUT2D eigenvalue weighted by Crippen LogP contribution is -2.39. The van der Waals surface area contributed by atoms with Gasteiger partial charge in [0.05, 0.1) is 11.5 Å². The zero-order chi connectivity index (χ0) is 21.4. The molecule has 3 rings (SSSR count). The van der Waals surface area contributed by atoms with E-state index in [1.54, 1.807) is 0 Å². The maximum atomic E-state index is 10.5. The number of hydrogen-bond acceptors (Lipinski definition) is 2. The van der Waals surface area contributed by atoms with Gasteiger partial charge in [0.2, 0.25) is 0 Å². The molecule has 0 saturated heterocycles. The fraction of sp³-hybridized carbons (Fsp3) is 0.519. The highest BCUT2D eigenvalue weighted by atomic mass is 35.5. The van der Waals surface area contributed by atoms with Crippen molar-refractivity contribution >= 4 is 11.6 Å². The third kappa shape index (κ3) is 5.26. The van der Waals surface area contributed by atoms with Gasteiger partial charge in [0.15, 0.2) is 0 Å². The van der Waals surface area contributed by atoms with E-state index in [1.807, 2.05) is 18.2 Å². The van der Waals surface area contributed by atoms with Crippen LogP contribution in [0.5, 0.6) is 0 Å². The number of nitrogens with zero attached hydrogens (tertiary/aromatic N) is 2. The van der Waals surface area contributed by atoms with E-state index in [0.717, 1.165) is 49.2 Å². The Hall–Kier alpha value is -1.82. The van der Waals surface area contributed by atoms with Crippen LogP contribution in [0.15, 0.2) is 54.6 Å². The van der Waals surface area contributed by atoms with E-state index in [2.05, 4.69) is 61.3 Å². The van der Waals surface area contributed by atoms with Gasteiger partial charge in [-0.2, -0.15) is 5.26 Å². The van der Waals surface area contributed by atoms with Crippen molar-refractivity contribution in [2.75, 3.05) is 7.05 Å². The van der Waals surface area contributed by atoms with Crippen molar-refractivity contribution in [1.29, 1.82) is 5.26 Å². The van der Waals surface area contributed by atoms with E-state index in [9.17, 15) is 5.26 Å². The molecular weight excluding hydrogens is 388 g/mol. The Morgan fingerprint density at radius 3 is 2.37 bits per heavy atom. The molecule has 2 unspecified atom stereocenters. The van der Waals surface area contributed by atoms with Crippen LogP contribution < -0.4 is 0 Å². The van der Waals surface area contributed by atoms with Gasteiger partial charge in [-0.25, -0.2) is 0 Å². The van der Waals surface area contributed by atoms with Crippen LogP contribution in [0.2, 0.25) is 5.02 Å². The molecule has 2 aromatic carbocycles. The van der Waals surface area contributed by atoms with Crippen molar-refractivity contribution in [2.24, 2.45) is 5.92 Å². The SMILES string of the molecule is CCC(CCC(C#N)(c1ccccc1Cl)C1CCCCC1)N(C)Cc1ccccc1. The molecule has 0 spiro atoms. The highest BCUT2D eigenvalue weighted by molar-refractivity contribution is 6.31. The predicted molar refractivity (Wildman–Crippen MR) is 127 cm³/mol. The average Bonchev–Trinajstić information content (AvgIpc) is 2.79. The number of nitriles is 1. The third-order valence-corrected chi connectivity index (χ3v) is 7.43. The summed E-state index contributed by atoms with van der Waals surface area (Å²) in [5, 5.41) is 11.3. The standard InChI is InChI=1S/C27H35ClN2/c1-3-24(30(2)20-22-12-6-4-7-13-22)18-19-27(21-29,23-14-8-5-9-15-23)25-16-10-11-17-26(25)28/h4,6-7,10-13,16-17,23-24H,3,5,8-9,14-15,18-20H2,1-2H3. The third-order valence-electron chi connectivity index (χ3n) is 7.10. The summed E-state index contributed by atoms with van der Waals surface area (Å²) in [5.74, 6) is 0.396. The first-order chi connectivity index (χ1) is 14.6. The number of halogens is 1. The molecule has 2 nitrogen and oxygen atoms in total. The van der Waals surface area contributed by atoms with Crippen LogP contribution in [-0.4, -0.2) is 18.0 Å². The van der Waals surface area contributed by atoms with E-state index in [0.29, 0.717) is 12.0 Å². The topological polar surface area (TPSA) is 27.0 Å². The summed E-state index contributed by atoms with van der Waals surface area (Å²) in [7, 11) is 2.21. The Balaban J connectivity index is 1.81. The Bertz CT molecular complexity index is 822. The molecule has 0 N–H and O–H groups in total. The fourth-order valence-electron chi connectivity index (χ4n) is 5.32. The second-order valence-electron chi connectivity index (χ2n) is 8.90. The van der Waals surface area contributed by atoms with Crippen molar-refractivity contribution in [2.45, 2.75) is 76.3 Å². The molecule has 30 heavy (non-hydrogen) atoms. The maximum Gasteiger partial charge on any atom is 0.0865 e. The quantitative estimate of drug-likeness (QED) is 0.421. The van der Waals surface area contributed by atoms with E-state index >= 15 is 0 Å². The molecule has 0 aromatic heterocycles. The summed E-state index contributed by atoms with van der Waals surface area (Å²) in [6, 6.07) is 22.0. The first-order valence-corrected chi connectivity index (χ1v) is 11.9. The smallest absolute Gasteiger partial charge is 0.0865 e. The van der Waals surface area contributed by atoms with Gasteiger partial charge in [-0.3, -0.25) is 4.90 Å². The zero-order valence-electron chi connectivity index (χ0n) is 18.5. The summed E-state index contributed by atoms with van der Waals surface area (Å²) in [6.07, 6.45) is 8.97. The van der Waals surface area contributed by atoms with Gasteiger partial charge >= 0.3 is 0 Å². The minimum atomic E-state index is -0.486. The lowest BCUT2D eigenvalue weighted by molar-refractivity contribution is 0.179. The molecule has 0 bridgehead atoms. The average molecular weight is 423 g/mol. The van der Waals surface area contributed by atoms with E-state index < -0.39 is 5.41 Å². The van der Waals surface area contributed by atoms with Crippen LogP contribution >= 0.6 is 11.6 Å². The van der Waals surface area contributed by atoms with E-state index in [1.165, 1.54) is 24.8 Å². The largest absolute Gasteiger partial charge is 0.299 e. The fourth-order valence-corrected chi connectivity index (χ4v) is 5.62. The van der Waals surface area contributed by atoms with Gasteiger partial charge in [0.25, 0.3) is 0 Å². The zero-order valence-corrected chi connectivity index (χ0v) is 19.2. The Morgan fingerprint density at radius 2 is 1.73 bits per heavy atom. The first-order valence-electron chi connectivity index (χ1n) is 11.5. The molecular formula is C27H35ClN2. The van der Waals surface area contributed by atoms with Crippen LogP contribution in [0.25, 0.3) is 0 Å². The molecule has 0 radical (unpaired) electrons. The van der Waals surface area contributed by atoms with Gasteiger partial charge in [0, 0.05) is 17.6 Å². The summed E-state index contributed by atoms with van der Waals surface area (Å²) in [5.41, 5.74) is 1.89. The van der Waals surface area contributed by atoms with Crippen molar-refractivity contribution in [1.82, 2.24) is 4.90 Å². The number of rotatable bonds is 9. The minimum absolute atomic E-state index is 0.396. The Labute approximate surface area is 187 Å². The minimum Gasteiger partial charge on any atom is -0.299 e. The van der Waals surface area contributed by atoms with Gasteiger partial charge in [-0.1, -0.05) is 86.3 Å². The molecule has 0 amide bonds. The van der Waals surface area contributed by atoms with Crippen LogP contribution in [0.4, 0.5) is 0 Å². The van der Waals surface area contributed by atoms with Crippen LogP contribution in [0.1, 0.15) is 69.4 Å². The van der Waals surface area contributed by atoms with E-state index in [-0.39, 0.29) is 0 Å². The van der Waals surface area contributed by atoms with Crippen molar-refractivity contribution in [3.63, 3.8) is 0 Å². The number of benzene rings is 2. The lowest BCUT2D eigenvalue weighted by atomic mass is 9.63. The van der Waals surface area contributed by atoms with Gasteiger partial charge in [-0.15, -0.1) is 0 Å². The molecule has 1 saturated carbocycles. The lowest BCUT2D eigenvalue weighted by Gasteiger charge is -2.40. The normalized spacial score (nSPS) is 18.0. The molecule has 3 heteroatoms. The van der Waals surface area contributed by atoms with Gasteiger partial charge in [0.1, 0.15) is 0 Å². The van der Waals surface area contributed by atoms with Crippen LogP contribution in [-0.2, 0) is 12.0 Å². The molecule has 0 heterocycles. The van der Waals surface area contributed by atoms with E-state index in [4.69, 9.17) is 11.6 Å². The highest BCUT2D eigenvalue weighted by Gasteiger charge is 2.42. The highest BCUT2D eigenvalue weighted by Crippen LogP contribution is 2.46. The molecule has 1 fully saturated rings. The summed E-state index contributed by atoms with van der Waals surface area (Å²) in [6.45, 7) is 3.20. The molecule has 160 valence electrons. The number of hydrogen-bond donors (Lipinski definition) is 0. The van der Waals surface area contributed by atoms with Gasteiger partial charge < -0.3 is 0 Å². The van der Waals surface area contributed by atoms with Crippen LogP contribution in [0.3, 0.4) is 0 Å². The predicted octanol–water partition coefficient (Wildman–Crippen LogP) is 7.37. The van der Waals surface area contributed by atoms with Crippen molar-refractivity contribution < 1.29 is 0 Å². The first kappa shape index (κ1) is 22.9. The molecule has 2 aromatic rings. The molecule has 0 aliphatic heterocycles. The maximum absolute atomic E-state index is 10.5. The van der Waals surface area contributed by atoms with Crippen LogP contribution in [0, 0.1) is 17.2 Å². The Kier molecular flexibility index (Phi) is 8.37. The second-order valence-corrected chi connectivity index (χ2v) is 9.31. The second kappa shape index (κ2) is 11.0. The van der Waals surface area contributed by atoms with Gasteiger partial charge in [-0.05, 0) is 62.3 Å².